The van der Waals surface area contributed by atoms with Gasteiger partial charge < -0.3 is 10.1 Å². The van der Waals surface area contributed by atoms with Crippen molar-refractivity contribution >= 4 is 17.7 Å². The molecule has 3 nitrogen and oxygen atoms in total. The number of benzene rings is 2. The van der Waals surface area contributed by atoms with Crippen molar-refractivity contribution in [1.29, 1.82) is 0 Å². The lowest BCUT2D eigenvalue weighted by Crippen LogP contribution is -2.39. The molecule has 134 valence electrons. The number of rotatable bonds is 9. The van der Waals surface area contributed by atoms with Gasteiger partial charge in [-0.1, -0.05) is 43.3 Å². The fourth-order valence-corrected chi connectivity index (χ4v) is 3.22. The number of hydrogen-bond acceptors (Lipinski definition) is 3. The summed E-state index contributed by atoms with van der Waals surface area (Å²) in [6, 6.07) is 16.3. The second-order valence-electron chi connectivity index (χ2n) is 6.09. The Balaban J connectivity index is 1.73. The molecule has 0 saturated carbocycles. The van der Waals surface area contributed by atoms with Crippen LogP contribution in [0.15, 0.2) is 48.5 Å². The molecule has 0 heterocycles. The summed E-state index contributed by atoms with van der Waals surface area (Å²) >= 11 is 1.82. The second kappa shape index (κ2) is 10.1. The molecule has 0 saturated heterocycles. The lowest BCUT2D eigenvalue weighted by molar-refractivity contribution is -0.127. The molecule has 0 radical (unpaired) electrons. The fraction of sp³-hybridized carbons (Fsp3) is 0.381. The summed E-state index contributed by atoms with van der Waals surface area (Å²) in [5.41, 5.74) is 3.70. The molecule has 0 aliphatic carbocycles. The van der Waals surface area contributed by atoms with Crippen LogP contribution in [0.3, 0.4) is 0 Å². The van der Waals surface area contributed by atoms with Gasteiger partial charge in [0.05, 0.1) is 0 Å². The van der Waals surface area contributed by atoms with Gasteiger partial charge in [-0.05, 0) is 49.1 Å². The van der Waals surface area contributed by atoms with Crippen LogP contribution in [0, 0.1) is 13.8 Å². The number of nitrogens with one attached hydrogen (secondary N) is 1. The van der Waals surface area contributed by atoms with E-state index in [0.29, 0.717) is 13.0 Å². The first kappa shape index (κ1) is 19.4. The molecule has 4 heteroatoms. The topological polar surface area (TPSA) is 38.3 Å². The number of aryl methyl sites for hydroxylation is 2. The minimum Gasteiger partial charge on any atom is -0.481 e. The minimum absolute atomic E-state index is 0.0407. The third-order valence-corrected chi connectivity index (χ3v) is 5.11. The molecule has 0 fully saturated rings. The molecule has 25 heavy (non-hydrogen) atoms. The molecule has 0 bridgehead atoms. The average molecular weight is 358 g/mol. The number of carbonyl (C=O) groups excluding carboxylic acids is 1. The predicted molar refractivity (Wildman–Crippen MR) is 106 cm³/mol. The van der Waals surface area contributed by atoms with Crippen LogP contribution in [0.5, 0.6) is 5.75 Å². The quantitative estimate of drug-likeness (QED) is 0.671. The van der Waals surface area contributed by atoms with E-state index in [2.05, 4.69) is 24.4 Å². The SMILES string of the molecule is CC[C@H](Oc1ccc(C)c(C)c1)C(=O)NCCSCc1ccccc1. The number of hydrogen-bond donors (Lipinski definition) is 1. The van der Waals surface area contributed by atoms with Crippen LogP contribution in [0.1, 0.15) is 30.0 Å². The van der Waals surface area contributed by atoms with E-state index in [0.717, 1.165) is 17.3 Å². The van der Waals surface area contributed by atoms with Crippen LogP contribution in [-0.2, 0) is 10.5 Å². The van der Waals surface area contributed by atoms with Gasteiger partial charge in [0.2, 0.25) is 0 Å². The molecule has 2 rings (SSSR count). The first-order valence-electron chi connectivity index (χ1n) is 8.73. The first-order chi connectivity index (χ1) is 12.1. The van der Waals surface area contributed by atoms with Crippen molar-refractivity contribution in [2.45, 2.75) is 39.0 Å². The molecular weight excluding hydrogens is 330 g/mol. The summed E-state index contributed by atoms with van der Waals surface area (Å²) in [6.07, 6.45) is 0.205. The Bertz CT molecular complexity index is 673. The highest BCUT2D eigenvalue weighted by Crippen LogP contribution is 2.18. The molecule has 0 aliphatic rings. The van der Waals surface area contributed by atoms with E-state index in [1.165, 1.54) is 16.7 Å². The molecule has 0 unspecified atom stereocenters. The standard InChI is InChI=1S/C21H27NO2S/c1-4-20(24-19-11-10-16(2)17(3)14-19)21(23)22-12-13-25-15-18-8-6-5-7-9-18/h5-11,14,20H,4,12-13,15H2,1-3H3,(H,22,23)/t20-/m0/s1. The van der Waals surface area contributed by atoms with Crippen molar-refractivity contribution < 1.29 is 9.53 Å². The van der Waals surface area contributed by atoms with Crippen molar-refractivity contribution in [3.05, 3.63) is 65.2 Å². The summed E-state index contributed by atoms with van der Waals surface area (Å²) in [4.78, 5) is 12.3. The summed E-state index contributed by atoms with van der Waals surface area (Å²) < 4.78 is 5.87. The van der Waals surface area contributed by atoms with Crippen molar-refractivity contribution in [2.75, 3.05) is 12.3 Å². The lowest BCUT2D eigenvalue weighted by Gasteiger charge is -2.18. The van der Waals surface area contributed by atoms with E-state index in [9.17, 15) is 4.79 Å². The number of ether oxygens (including phenoxy) is 1. The van der Waals surface area contributed by atoms with Crippen LogP contribution in [0.25, 0.3) is 0 Å². The Kier molecular flexibility index (Phi) is 7.86. The Morgan fingerprint density at radius 3 is 2.56 bits per heavy atom. The number of amides is 1. The molecule has 2 aromatic carbocycles. The normalized spacial score (nSPS) is 11.8. The van der Waals surface area contributed by atoms with Gasteiger partial charge in [0.1, 0.15) is 5.75 Å². The summed E-state index contributed by atoms with van der Waals surface area (Å²) in [5.74, 6) is 2.57. The lowest BCUT2D eigenvalue weighted by atomic mass is 10.1. The van der Waals surface area contributed by atoms with Gasteiger partial charge in [0.15, 0.2) is 6.10 Å². The van der Waals surface area contributed by atoms with Gasteiger partial charge in [-0.2, -0.15) is 11.8 Å². The van der Waals surface area contributed by atoms with Crippen LogP contribution < -0.4 is 10.1 Å². The van der Waals surface area contributed by atoms with E-state index in [4.69, 9.17) is 4.74 Å². The molecule has 1 atom stereocenters. The maximum absolute atomic E-state index is 12.3. The van der Waals surface area contributed by atoms with Crippen LogP contribution in [0.2, 0.25) is 0 Å². The maximum atomic E-state index is 12.3. The molecular formula is C21H27NO2S. The summed E-state index contributed by atoms with van der Waals surface area (Å²) in [6.45, 7) is 6.74. The Labute approximate surface area is 155 Å². The largest absolute Gasteiger partial charge is 0.481 e. The molecule has 0 aliphatic heterocycles. The van der Waals surface area contributed by atoms with E-state index >= 15 is 0 Å². The smallest absolute Gasteiger partial charge is 0.261 e. The third kappa shape index (κ3) is 6.46. The van der Waals surface area contributed by atoms with Crippen LogP contribution >= 0.6 is 11.8 Å². The molecule has 2 aromatic rings. The van der Waals surface area contributed by atoms with E-state index in [1.807, 2.05) is 62.0 Å². The van der Waals surface area contributed by atoms with Gasteiger partial charge in [0.25, 0.3) is 5.91 Å². The monoisotopic (exact) mass is 357 g/mol. The predicted octanol–water partition coefficient (Wildman–Crippen LogP) is 4.51. The van der Waals surface area contributed by atoms with Gasteiger partial charge in [-0.3, -0.25) is 4.79 Å². The van der Waals surface area contributed by atoms with Crippen molar-refractivity contribution in [3.8, 4) is 5.75 Å². The van der Waals surface area contributed by atoms with Crippen molar-refractivity contribution in [2.24, 2.45) is 0 Å². The summed E-state index contributed by atoms with van der Waals surface area (Å²) in [5, 5.41) is 2.98. The number of thioether (sulfide) groups is 1. The average Bonchev–Trinajstić information content (AvgIpc) is 2.63. The Morgan fingerprint density at radius 2 is 1.88 bits per heavy atom. The van der Waals surface area contributed by atoms with Gasteiger partial charge >= 0.3 is 0 Å². The fourth-order valence-electron chi connectivity index (χ4n) is 2.40. The molecule has 0 spiro atoms. The van der Waals surface area contributed by atoms with Gasteiger partial charge in [-0.25, -0.2) is 0 Å². The van der Waals surface area contributed by atoms with Gasteiger partial charge in [-0.15, -0.1) is 0 Å². The zero-order valence-corrected chi connectivity index (χ0v) is 16.1. The Hall–Kier alpha value is -1.94. The highest BCUT2D eigenvalue weighted by atomic mass is 32.2. The highest BCUT2D eigenvalue weighted by molar-refractivity contribution is 7.98. The minimum atomic E-state index is -0.443. The maximum Gasteiger partial charge on any atom is 0.261 e. The number of carbonyl (C=O) groups is 1. The zero-order chi connectivity index (χ0) is 18.1. The van der Waals surface area contributed by atoms with E-state index < -0.39 is 6.10 Å². The Morgan fingerprint density at radius 1 is 1.12 bits per heavy atom. The first-order valence-corrected chi connectivity index (χ1v) is 9.89. The second-order valence-corrected chi connectivity index (χ2v) is 7.20. The van der Waals surface area contributed by atoms with E-state index in [1.54, 1.807) is 0 Å². The van der Waals surface area contributed by atoms with Gasteiger partial charge in [0, 0.05) is 18.1 Å². The molecule has 1 amide bonds. The van der Waals surface area contributed by atoms with Crippen LogP contribution in [-0.4, -0.2) is 24.3 Å². The zero-order valence-electron chi connectivity index (χ0n) is 15.2. The van der Waals surface area contributed by atoms with E-state index in [-0.39, 0.29) is 5.91 Å². The van der Waals surface area contributed by atoms with Crippen molar-refractivity contribution in [1.82, 2.24) is 5.32 Å². The highest BCUT2D eigenvalue weighted by Gasteiger charge is 2.17. The third-order valence-electron chi connectivity index (χ3n) is 4.08. The summed E-state index contributed by atoms with van der Waals surface area (Å²) in [7, 11) is 0. The van der Waals surface area contributed by atoms with Crippen molar-refractivity contribution in [3.63, 3.8) is 0 Å². The van der Waals surface area contributed by atoms with Crippen LogP contribution in [0.4, 0.5) is 0 Å². The molecule has 1 N–H and O–H groups in total. The molecule has 0 aromatic heterocycles.